The van der Waals surface area contributed by atoms with Crippen LogP contribution >= 0.6 is 11.3 Å². The molecule has 2 heterocycles. The Kier molecular flexibility index (Phi) is 4.83. The molecular weight excluding hydrogens is 376 g/mol. The number of fused-ring (bicyclic) bond motifs is 2. The fraction of sp³-hybridized carbons (Fsp3) is 0.190. The molecule has 142 valence electrons. The van der Waals surface area contributed by atoms with Crippen LogP contribution in [0, 0.1) is 0 Å². The minimum atomic E-state index is -0.435. The summed E-state index contributed by atoms with van der Waals surface area (Å²) in [6.45, 7) is 4.72. The lowest BCUT2D eigenvalue weighted by Crippen LogP contribution is -2.15. The second-order valence-corrected chi connectivity index (χ2v) is 7.11. The van der Waals surface area contributed by atoms with E-state index < -0.39 is 5.91 Å². The number of aryl methyl sites for hydroxylation is 1. The number of carbonyl (C=O) groups excluding carboxylic acids is 2. The third-order valence-electron chi connectivity index (χ3n) is 4.34. The summed E-state index contributed by atoms with van der Waals surface area (Å²) in [7, 11) is 0. The minimum Gasteiger partial charge on any atom is -0.462 e. The van der Waals surface area contributed by atoms with E-state index in [4.69, 9.17) is 9.15 Å². The van der Waals surface area contributed by atoms with E-state index >= 15 is 0 Å². The van der Waals surface area contributed by atoms with Gasteiger partial charge in [-0.3, -0.25) is 4.79 Å². The molecule has 0 unspecified atom stereocenters. The molecule has 2 aromatic heterocycles. The molecule has 2 aromatic carbocycles. The van der Waals surface area contributed by atoms with E-state index in [-0.39, 0.29) is 11.7 Å². The van der Waals surface area contributed by atoms with Gasteiger partial charge in [0.1, 0.15) is 5.58 Å². The zero-order valence-corrected chi connectivity index (χ0v) is 16.3. The lowest BCUT2D eigenvalue weighted by atomic mass is 10.2. The van der Waals surface area contributed by atoms with Gasteiger partial charge in [-0.1, -0.05) is 29.5 Å². The Hall–Kier alpha value is -3.19. The molecule has 0 saturated carbocycles. The number of rotatable bonds is 4. The van der Waals surface area contributed by atoms with Crippen molar-refractivity contribution in [2.24, 2.45) is 4.99 Å². The van der Waals surface area contributed by atoms with Crippen molar-refractivity contribution in [3.63, 3.8) is 0 Å². The van der Waals surface area contributed by atoms with Gasteiger partial charge < -0.3 is 13.7 Å². The fourth-order valence-electron chi connectivity index (χ4n) is 3.03. The highest BCUT2D eigenvalue weighted by Crippen LogP contribution is 2.21. The van der Waals surface area contributed by atoms with Crippen LogP contribution < -0.4 is 4.80 Å². The van der Waals surface area contributed by atoms with Gasteiger partial charge in [0.2, 0.25) is 0 Å². The lowest BCUT2D eigenvalue weighted by molar-refractivity contribution is 0.0526. The first-order valence-corrected chi connectivity index (χ1v) is 9.80. The molecule has 28 heavy (non-hydrogen) atoms. The van der Waals surface area contributed by atoms with Gasteiger partial charge in [-0.05, 0) is 44.2 Å². The van der Waals surface area contributed by atoms with Crippen molar-refractivity contribution >= 4 is 44.4 Å². The van der Waals surface area contributed by atoms with Crippen molar-refractivity contribution in [2.75, 3.05) is 6.61 Å². The topological polar surface area (TPSA) is 73.8 Å². The van der Waals surface area contributed by atoms with Gasteiger partial charge in [0.25, 0.3) is 0 Å². The lowest BCUT2D eigenvalue weighted by Gasteiger charge is -2.03. The quantitative estimate of drug-likeness (QED) is 0.481. The summed E-state index contributed by atoms with van der Waals surface area (Å²) in [4.78, 5) is 29.5. The standard InChI is InChI=1S/C21H18N2O4S/c1-3-23-15-10-9-14(20(25)26-4-2)12-18(15)28-21(23)22-19(24)17-11-13-7-5-6-8-16(13)27-17/h5-12H,3-4H2,1-2H3. The van der Waals surface area contributed by atoms with Crippen LogP contribution in [0.1, 0.15) is 34.8 Å². The van der Waals surface area contributed by atoms with Crippen LogP contribution in [-0.4, -0.2) is 23.1 Å². The first kappa shape index (κ1) is 18.2. The number of carbonyl (C=O) groups is 2. The summed E-state index contributed by atoms with van der Waals surface area (Å²) in [5.74, 6) is -0.596. The van der Waals surface area contributed by atoms with Crippen molar-refractivity contribution in [1.29, 1.82) is 0 Å². The van der Waals surface area contributed by atoms with Crippen molar-refractivity contribution < 1.29 is 18.7 Å². The number of furan rings is 1. The van der Waals surface area contributed by atoms with E-state index in [0.29, 0.717) is 29.1 Å². The van der Waals surface area contributed by atoms with E-state index in [1.54, 1.807) is 25.1 Å². The van der Waals surface area contributed by atoms with E-state index in [1.165, 1.54) is 11.3 Å². The summed E-state index contributed by atoms with van der Waals surface area (Å²) in [6, 6.07) is 14.5. The third kappa shape index (κ3) is 3.25. The van der Waals surface area contributed by atoms with Crippen molar-refractivity contribution in [2.45, 2.75) is 20.4 Å². The van der Waals surface area contributed by atoms with Crippen molar-refractivity contribution in [3.05, 3.63) is 64.7 Å². The molecule has 0 fully saturated rings. The number of ether oxygens (including phenoxy) is 1. The van der Waals surface area contributed by atoms with Gasteiger partial charge in [0, 0.05) is 11.9 Å². The number of nitrogens with zero attached hydrogens (tertiary/aromatic N) is 2. The molecule has 0 aliphatic rings. The predicted octanol–water partition coefficient (Wildman–Crippen LogP) is 4.39. The van der Waals surface area contributed by atoms with Gasteiger partial charge >= 0.3 is 11.9 Å². The number of amides is 1. The highest BCUT2D eigenvalue weighted by atomic mass is 32.1. The van der Waals surface area contributed by atoms with Crippen LogP contribution in [0.5, 0.6) is 0 Å². The number of hydrogen-bond acceptors (Lipinski definition) is 5. The SMILES string of the molecule is CCOC(=O)c1ccc2c(c1)sc(=NC(=O)c1cc3ccccc3o1)n2CC. The first-order chi connectivity index (χ1) is 13.6. The van der Waals surface area contributed by atoms with Crippen LogP contribution in [0.25, 0.3) is 21.2 Å². The van der Waals surface area contributed by atoms with Gasteiger partial charge in [0.05, 0.1) is 22.4 Å². The molecule has 0 aliphatic carbocycles. The van der Waals surface area contributed by atoms with Crippen molar-refractivity contribution in [3.8, 4) is 0 Å². The maximum Gasteiger partial charge on any atom is 0.338 e. The minimum absolute atomic E-state index is 0.202. The van der Waals surface area contributed by atoms with Gasteiger partial charge in [-0.25, -0.2) is 4.79 Å². The summed E-state index contributed by atoms with van der Waals surface area (Å²) in [5, 5.41) is 0.861. The highest BCUT2D eigenvalue weighted by molar-refractivity contribution is 7.16. The summed E-state index contributed by atoms with van der Waals surface area (Å²) < 4.78 is 13.5. The first-order valence-electron chi connectivity index (χ1n) is 8.99. The molecule has 0 saturated heterocycles. The summed E-state index contributed by atoms with van der Waals surface area (Å²) >= 11 is 1.35. The van der Waals surface area contributed by atoms with Crippen molar-refractivity contribution in [1.82, 2.24) is 4.57 Å². The van der Waals surface area contributed by atoms with Gasteiger partial charge in [-0.15, -0.1) is 0 Å². The number of benzene rings is 2. The summed E-state index contributed by atoms with van der Waals surface area (Å²) in [5.41, 5.74) is 2.05. The van der Waals surface area contributed by atoms with E-state index in [2.05, 4.69) is 4.99 Å². The maximum absolute atomic E-state index is 12.6. The van der Waals surface area contributed by atoms with Crippen LogP contribution in [0.15, 0.2) is 57.9 Å². The molecule has 0 N–H and O–H groups in total. The molecule has 0 atom stereocenters. The average molecular weight is 394 g/mol. The Balaban J connectivity index is 1.78. The Morgan fingerprint density at radius 3 is 2.71 bits per heavy atom. The Bertz CT molecular complexity index is 1230. The number of aromatic nitrogens is 1. The molecule has 0 aliphatic heterocycles. The molecule has 7 heteroatoms. The monoisotopic (exact) mass is 394 g/mol. The molecule has 0 bridgehead atoms. The van der Waals surface area contributed by atoms with Gasteiger partial charge in [0.15, 0.2) is 10.6 Å². The number of esters is 1. The Morgan fingerprint density at radius 2 is 1.96 bits per heavy atom. The van der Waals surface area contributed by atoms with E-state index in [1.807, 2.05) is 41.8 Å². The number of para-hydroxylation sites is 1. The molecule has 0 radical (unpaired) electrons. The van der Waals surface area contributed by atoms with Crippen LogP contribution in [0.3, 0.4) is 0 Å². The Morgan fingerprint density at radius 1 is 1.14 bits per heavy atom. The smallest absolute Gasteiger partial charge is 0.338 e. The van der Waals surface area contributed by atoms with Crippen LogP contribution in [0.4, 0.5) is 0 Å². The summed E-state index contributed by atoms with van der Waals surface area (Å²) in [6.07, 6.45) is 0. The predicted molar refractivity (Wildman–Crippen MR) is 108 cm³/mol. The highest BCUT2D eigenvalue weighted by Gasteiger charge is 2.14. The van der Waals surface area contributed by atoms with E-state index in [9.17, 15) is 9.59 Å². The molecule has 0 spiro atoms. The zero-order chi connectivity index (χ0) is 19.7. The normalized spacial score (nSPS) is 12.0. The third-order valence-corrected chi connectivity index (χ3v) is 5.38. The second-order valence-electron chi connectivity index (χ2n) is 6.10. The van der Waals surface area contributed by atoms with E-state index in [0.717, 1.165) is 15.6 Å². The zero-order valence-electron chi connectivity index (χ0n) is 15.5. The van der Waals surface area contributed by atoms with Gasteiger partial charge in [-0.2, -0.15) is 4.99 Å². The largest absolute Gasteiger partial charge is 0.462 e. The fourth-order valence-corrected chi connectivity index (χ4v) is 4.17. The Labute approximate surface area is 164 Å². The van der Waals surface area contributed by atoms with Crippen LogP contribution in [-0.2, 0) is 11.3 Å². The number of thiazole rings is 1. The molecule has 4 aromatic rings. The maximum atomic E-state index is 12.6. The molecule has 1 amide bonds. The molecule has 6 nitrogen and oxygen atoms in total. The average Bonchev–Trinajstić information content (AvgIpc) is 3.28. The number of hydrogen-bond donors (Lipinski definition) is 0. The van der Waals surface area contributed by atoms with Crippen LogP contribution in [0.2, 0.25) is 0 Å². The molecular formula is C21H18N2O4S. The second kappa shape index (κ2) is 7.44. The molecule has 4 rings (SSSR count).